The predicted octanol–water partition coefficient (Wildman–Crippen LogP) is 5.69. The number of allylic oxidation sites excluding steroid dienone is 2. The van der Waals surface area contributed by atoms with E-state index in [0.29, 0.717) is 6.54 Å². The molecule has 0 aromatic heterocycles. The Kier molecular flexibility index (Phi) is 23.8. The molecule has 0 spiro atoms. The van der Waals surface area contributed by atoms with Crippen LogP contribution in [0.3, 0.4) is 0 Å². The van der Waals surface area contributed by atoms with Gasteiger partial charge in [0, 0.05) is 6.54 Å². The van der Waals surface area contributed by atoms with Gasteiger partial charge in [-0.3, -0.25) is 0 Å². The van der Waals surface area contributed by atoms with Crippen LogP contribution < -0.4 is 0 Å². The van der Waals surface area contributed by atoms with Gasteiger partial charge in [0.15, 0.2) is 6.29 Å². The van der Waals surface area contributed by atoms with Crippen LogP contribution in [0, 0.1) is 0 Å². The highest BCUT2D eigenvalue weighted by atomic mass is 35.5. The molecule has 2 N–H and O–H groups in total. The van der Waals surface area contributed by atoms with Crippen LogP contribution in [-0.2, 0) is 0 Å². The zero-order valence-corrected chi connectivity index (χ0v) is 17.6. The third-order valence-corrected chi connectivity index (χ3v) is 4.53. The first-order valence-corrected chi connectivity index (χ1v) is 10.4. The highest BCUT2D eigenvalue weighted by molar-refractivity contribution is 5.85. The molecule has 0 heterocycles. The van der Waals surface area contributed by atoms with E-state index in [-0.39, 0.29) is 12.4 Å². The van der Waals surface area contributed by atoms with Gasteiger partial charge in [-0.05, 0) is 45.7 Å². The van der Waals surface area contributed by atoms with Crippen molar-refractivity contribution in [3.05, 3.63) is 12.2 Å². The van der Waals surface area contributed by atoms with Gasteiger partial charge in [0.05, 0.1) is 0 Å². The van der Waals surface area contributed by atoms with E-state index in [1.54, 1.807) is 0 Å². The van der Waals surface area contributed by atoms with Crippen LogP contribution in [0.5, 0.6) is 0 Å². The van der Waals surface area contributed by atoms with Crippen LogP contribution in [0.2, 0.25) is 0 Å². The number of unbranched alkanes of at least 4 members (excludes halogenated alkanes) is 12. The molecule has 0 radical (unpaired) electrons. The fraction of sp³-hybridized carbons (Fsp3) is 0.905. The first-order valence-electron chi connectivity index (χ1n) is 10.4. The van der Waals surface area contributed by atoms with Crippen molar-refractivity contribution in [1.82, 2.24) is 4.90 Å². The second kappa shape index (κ2) is 22.0. The fourth-order valence-corrected chi connectivity index (χ4v) is 3.00. The van der Waals surface area contributed by atoms with Gasteiger partial charge in [-0.1, -0.05) is 76.9 Å². The SMILES string of the molecule is CCCCCCCC/C=C\CCCCCCCCN(C)CC(O)O.Cl. The third-order valence-electron chi connectivity index (χ3n) is 4.53. The summed E-state index contributed by atoms with van der Waals surface area (Å²) in [6.07, 6.45) is 22.1. The summed E-state index contributed by atoms with van der Waals surface area (Å²) in [4.78, 5) is 1.99. The van der Waals surface area contributed by atoms with Gasteiger partial charge in [-0.15, -0.1) is 12.4 Å². The molecule has 0 aliphatic carbocycles. The lowest BCUT2D eigenvalue weighted by Gasteiger charge is -2.17. The average molecular weight is 378 g/mol. The molecule has 0 bridgehead atoms. The molecule has 152 valence electrons. The van der Waals surface area contributed by atoms with Gasteiger partial charge in [0.2, 0.25) is 0 Å². The van der Waals surface area contributed by atoms with Crippen LogP contribution in [0.1, 0.15) is 96.8 Å². The van der Waals surface area contributed by atoms with E-state index in [4.69, 9.17) is 10.2 Å². The van der Waals surface area contributed by atoms with E-state index in [1.165, 1.54) is 83.5 Å². The number of aliphatic hydroxyl groups excluding tert-OH is 1. The lowest BCUT2D eigenvalue weighted by molar-refractivity contribution is -0.0573. The summed E-state index contributed by atoms with van der Waals surface area (Å²) in [5.41, 5.74) is 0. The van der Waals surface area contributed by atoms with Crippen molar-refractivity contribution in [3.63, 3.8) is 0 Å². The van der Waals surface area contributed by atoms with Crippen molar-refractivity contribution in [2.24, 2.45) is 0 Å². The lowest BCUT2D eigenvalue weighted by atomic mass is 10.1. The molecule has 3 nitrogen and oxygen atoms in total. The average Bonchev–Trinajstić information content (AvgIpc) is 2.53. The normalized spacial score (nSPS) is 11.6. The smallest absolute Gasteiger partial charge is 0.164 e. The number of nitrogens with zero attached hydrogens (tertiary/aromatic N) is 1. The van der Waals surface area contributed by atoms with E-state index in [1.807, 2.05) is 11.9 Å². The number of hydrogen-bond donors (Lipinski definition) is 2. The standard InChI is InChI=1S/C21H43NO2.ClH/c1-3-4-5-6-7-8-9-10-11-12-13-14-15-16-17-18-19-22(2)20-21(23)24;/h10-11,21,23-24H,3-9,12-20H2,1-2H3;1H/b11-10-;. The monoisotopic (exact) mass is 377 g/mol. The Labute approximate surface area is 163 Å². The van der Waals surface area contributed by atoms with Crippen molar-refractivity contribution < 1.29 is 10.2 Å². The van der Waals surface area contributed by atoms with Crippen LogP contribution in [-0.4, -0.2) is 41.5 Å². The molecule has 0 fully saturated rings. The van der Waals surface area contributed by atoms with Gasteiger partial charge >= 0.3 is 0 Å². The summed E-state index contributed by atoms with van der Waals surface area (Å²) in [5, 5.41) is 17.7. The molecule has 25 heavy (non-hydrogen) atoms. The molecular formula is C21H44ClNO2. The Balaban J connectivity index is 0. The zero-order chi connectivity index (χ0) is 17.9. The molecule has 0 aromatic carbocycles. The third kappa shape index (κ3) is 23.9. The number of likely N-dealkylation sites (N-methyl/N-ethyl adjacent to an activating group) is 1. The molecule has 0 aliphatic heterocycles. The van der Waals surface area contributed by atoms with Crippen LogP contribution in [0.25, 0.3) is 0 Å². The summed E-state index contributed by atoms with van der Waals surface area (Å²) in [6, 6.07) is 0. The minimum Gasteiger partial charge on any atom is -0.367 e. The Morgan fingerprint density at radius 3 is 1.64 bits per heavy atom. The molecule has 0 aromatic rings. The number of hydrogen-bond acceptors (Lipinski definition) is 3. The summed E-state index contributed by atoms with van der Waals surface area (Å²) < 4.78 is 0. The Hall–Kier alpha value is -0.0900. The Bertz CT molecular complexity index is 273. The van der Waals surface area contributed by atoms with Crippen molar-refractivity contribution in [1.29, 1.82) is 0 Å². The minimum absolute atomic E-state index is 0. The highest BCUT2D eigenvalue weighted by Crippen LogP contribution is 2.10. The van der Waals surface area contributed by atoms with Crippen LogP contribution in [0.4, 0.5) is 0 Å². The van der Waals surface area contributed by atoms with Gasteiger partial charge in [0.1, 0.15) is 0 Å². The van der Waals surface area contributed by atoms with Crippen molar-refractivity contribution in [2.75, 3.05) is 20.1 Å². The minimum atomic E-state index is -1.20. The molecule has 0 rings (SSSR count). The van der Waals surface area contributed by atoms with Crippen LogP contribution in [0.15, 0.2) is 12.2 Å². The second-order valence-corrected chi connectivity index (χ2v) is 7.18. The molecular weight excluding hydrogens is 334 g/mol. The number of rotatable bonds is 18. The first kappa shape index (κ1) is 27.1. The summed E-state index contributed by atoms with van der Waals surface area (Å²) in [6.45, 7) is 3.58. The van der Waals surface area contributed by atoms with E-state index in [0.717, 1.165) is 13.0 Å². The highest BCUT2D eigenvalue weighted by Gasteiger charge is 2.02. The van der Waals surface area contributed by atoms with Crippen molar-refractivity contribution in [2.45, 2.75) is 103 Å². The van der Waals surface area contributed by atoms with E-state index < -0.39 is 6.29 Å². The number of halogens is 1. The second-order valence-electron chi connectivity index (χ2n) is 7.18. The molecule has 0 amide bonds. The summed E-state index contributed by atoms with van der Waals surface area (Å²) in [5.74, 6) is 0. The van der Waals surface area contributed by atoms with E-state index in [9.17, 15) is 0 Å². The van der Waals surface area contributed by atoms with Gasteiger partial charge in [0.25, 0.3) is 0 Å². The maximum atomic E-state index is 8.87. The van der Waals surface area contributed by atoms with E-state index in [2.05, 4.69) is 19.1 Å². The topological polar surface area (TPSA) is 43.7 Å². The summed E-state index contributed by atoms with van der Waals surface area (Å²) >= 11 is 0. The van der Waals surface area contributed by atoms with Gasteiger partial charge < -0.3 is 15.1 Å². The molecule has 0 saturated carbocycles. The molecule has 0 aliphatic rings. The predicted molar refractivity (Wildman–Crippen MR) is 112 cm³/mol. The lowest BCUT2D eigenvalue weighted by Crippen LogP contribution is -2.29. The maximum Gasteiger partial charge on any atom is 0.164 e. The molecule has 0 saturated heterocycles. The van der Waals surface area contributed by atoms with Crippen LogP contribution >= 0.6 is 12.4 Å². The molecule has 0 unspecified atom stereocenters. The molecule has 4 heteroatoms. The maximum absolute atomic E-state index is 8.87. The first-order chi connectivity index (χ1) is 11.7. The Morgan fingerprint density at radius 1 is 0.720 bits per heavy atom. The van der Waals surface area contributed by atoms with Crippen molar-refractivity contribution in [3.8, 4) is 0 Å². The van der Waals surface area contributed by atoms with E-state index >= 15 is 0 Å². The fourth-order valence-electron chi connectivity index (χ4n) is 3.00. The number of aliphatic hydroxyl groups is 2. The van der Waals surface area contributed by atoms with Crippen molar-refractivity contribution >= 4 is 12.4 Å². The molecule has 0 atom stereocenters. The quantitative estimate of drug-likeness (QED) is 0.183. The summed E-state index contributed by atoms with van der Waals surface area (Å²) in [7, 11) is 1.94. The van der Waals surface area contributed by atoms with Gasteiger partial charge in [-0.25, -0.2) is 0 Å². The largest absolute Gasteiger partial charge is 0.367 e. The van der Waals surface area contributed by atoms with Gasteiger partial charge in [-0.2, -0.15) is 0 Å². The Morgan fingerprint density at radius 2 is 1.16 bits per heavy atom. The zero-order valence-electron chi connectivity index (χ0n) is 16.8.